The largest absolute Gasteiger partial charge is 0.341 e. The number of benzene rings is 1. The number of nitrogens with zero attached hydrogens (tertiary/aromatic N) is 3. The molecule has 1 amide bonds. The van der Waals surface area contributed by atoms with Gasteiger partial charge in [-0.3, -0.25) is 4.79 Å². The summed E-state index contributed by atoms with van der Waals surface area (Å²) in [6.07, 6.45) is 2.27. The number of nitrogens with one attached hydrogen (secondary N) is 1. The molecule has 1 aromatic carbocycles. The van der Waals surface area contributed by atoms with Crippen molar-refractivity contribution in [2.45, 2.75) is 26.7 Å². The van der Waals surface area contributed by atoms with E-state index in [0.717, 1.165) is 47.7 Å². The third-order valence-corrected chi connectivity index (χ3v) is 4.77. The molecule has 1 aromatic heterocycles. The van der Waals surface area contributed by atoms with Crippen LogP contribution in [0.3, 0.4) is 0 Å². The van der Waals surface area contributed by atoms with Gasteiger partial charge in [-0.1, -0.05) is 22.9 Å². The molecule has 0 spiro atoms. The molecule has 1 N–H and O–H groups in total. The second-order valence-corrected chi connectivity index (χ2v) is 7.24. The van der Waals surface area contributed by atoms with Gasteiger partial charge in [0.15, 0.2) is 0 Å². The van der Waals surface area contributed by atoms with Crippen molar-refractivity contribution in [1.29, 1.82) is 0 Å². The molecule has 1 aliphatic heterocycles. The molecule has 5 nitrogen and oxygen atoms in total. The molecular formula is C18H21BrN4O. The van der Waals surface area contributed by atoms with Gasteiger partial charge in [0.05, 0.1) is 0 Å². The summed E-state index contributed by atoms with van der Waals surface area (Å²) >= 11 is 3.39. The molecule has 6 heteroatoms. The summed E-state index contributed by atoms with van der Waals surface area (Å²) in [5, 5.41) is 2.88. The number of carbonyl (C=O) groups excluding carboxylic acids is 1. The van der Waals surface area contributed by atoms with Crippen molar-refractivity contribution in [3.05, 3.63) is 46.2 Å². The van der Waals surface area contributed by atoms with Gasteiger partial charge in [-0.15, -0.1) is 0 Å². The Morgan fingerprint density at radius 3 is 2.54 bits per heavy atom. The summed E-state index contributed by atoms with van der Waals surface area (Å²) in [5.74, 6) is 1.18. The lowest BCUT2D eigenvalue weighted by atomic mass is 10.00. The number of hydrogen-bond acceptors (Lipinski definition) is 4. The molecule has 2 heterocycles. The van der Waals surface area contributed by atoms with Gasteiger partial charge < -0.3 is 10.2 Å². The predicted molar refractivity (Wildman–Crippen MR) is 99.5 cm³/mol. The fourth-order valence-corrected chi connectivity index (χ4v) is 3.01. The molecule has 3 rings (SSSR count). The van der Waals surface area contributed by atoms with Crippen molar-refractivity contribution in [1.82, 2.24) is 9.97 Å². The predicted octanol–water partition coefficient (Wildman–Crippen LogP) is 4.04. The van der Waals surface area contributed by atoms with E-state index in [0.29, 0.717) is 11.6 Å². The number of halogens is 1. The summed E-state index contributed by atoms with van der Waals surface area (Å²) in [5.41, 5.74) is 1.95. The molecule has 24 heavy (non-hydrogen) atoms. The van der Waals surface area contributed by atoms with E-state index in [1.807, 2.05) is 31.2 Å². The highest BCUT2D eigenvalue weighted by atomic mass is 79.9. The quantitative estimate of drug-likeness (QED) is 0.861. The highest BCUT2D eigenvalue weighted by Gasteiger charge is 2.20. The number of aromatic nitrogens is 2. The van der Waals surface area contributed by atoms with Gasteiger partial charge >= 0.3 is 0 Å². The standard InChI is InChI=1S/C18H21BrN4O/c1-12-7-9-23(10-8-12)18-20-13(2)11-16(22-18)17(24)21-15-5-3-14(19)4-6-15/h3-6,11-12H,7-10H2,1-2H3,(H,21,24). The molecule has 0 bridgehead atoms. The van der Waals surface area contributed by atoms with Crippen LogP contribution >= 0.6 is 15.9 Å². The maximum atomic E-state index is 12.5. The first kappa shape index (κ1) is 16.9. The summed E-state index contributed by atoms with van der Waals surface area (Å²) in [6.45, 7) is 6.05. The van der Waals surface area contributed by atoms with Crippen molar-refractivity contribution in [3.63, 3.8) is 0 Å². The summed E-state index contributed by atoms with van der Waals surface area (Å²) in [6, 6.07) is 9.21. The van der Waals surface area contributed by atoms with Crippen LogP contribution in [0.25, 0.3) is 0 Å². The number of anilines is 2. The molecule has 0 saturated carbocycles. The molecule has 0 aliphatic carbocycles. The van der Waals surface area contributed by atoms with Crippen LogP contribution in [0, 0.1) is 12.8 Å². The van der Waals surface area contributed by atoms with Crippen LogP contribution in [0.4, 0.5) is 11.6 Å². The van der Waals surface area contributed by atoms with Gasteiger partial charge in [0.1, 0.15) is 5.69 Å². The Morgan fingerprint density at radius 1 is 1.21 bits per heavy atom. The van der Waals surface area contributed by atoms with Crippen molar-refractivity contribution in [3.8, 4) is 0 Å². The minimum absolute atomic E-state index is 0.213. The molecule has 0 radical (unpaired) electrons. The Kier molecular flexibility index (Phi) is 5.14. The zero-order valence-corrected chi connectivity index (χ0v) is 15.5. The monoisotopic (exact) mass is 388 g/mol. The molecule has 1 aliphatic rings. The summed E-state index contributed by atoms with van der Waals surface area (Å²) in [7, 11) is 0. The Balaban J connectivity index is 1.77. The van der Waals surface area contributed by atoms with Crippen molar-refractivity contribution in [2.24, 2.45) is 5.92 Å². The fourth-order valence-electron chi connectivity index (χ4n) is 2.75. The van der Waals surface area contributed by atoms with Crippen molar-refractivity contribution >= 4 is 33.5 Å². The second kappa shape index (κ2) is 7.30. The van der Waals surface area contributed by atoms with Crippen LogP contribution in [0.1, 0.15) is 35.9 Å². The van der Waals surface area contributed by atoms with Crippen LogP contribution < -0.4 is 10.2 Å². The van der Waals surface area contributed by atoms with E-state index < -0.39 is 0 Å². The van der Waals surface area contributed by atoms with Crippen LogP contribution in [-0.2, 0) is 0 Å². The second-order valence-electron chi connectivity index (χ2n) is 6.33. The average molecular weight is 389 g/mol. The topological polar surface area (TPSA) is 58.1 Å². The lowest BCUT2D eigenvalue weighted by molar-refractivity contribution is 0.102. The van der Waals surface area contributed by atoms with Gasteiger partial charge in [-0.05, 0) is 56.0 Å². The fraction of sp³-hybridized carbons (Fsp3) is 0.389. The van der Waals surface area contributed by atoms with Gasteiger partial charge in [-0.2, -0.15) is 0 Å². The van der Waals surface area contributed by atoms with Gasteiger partial charge in [0.25, 0.3) is 5.91 Å². The Hall–Kier alpha value is -1.95. The van der Waals surface area contributed by atoms with E-state index in [1.54, 1.807) is 6.07 Å². The van der Waals surface area contributed by atoms with Gasteiger partial charge in [0.2, 0.25) is 5.95 Å². The first-order chi connectivity index (χ1) is 11.5. The van der Waals surface area contributed by atoms with Crippen LogP contribution in [0.15, 0.2) is 34.8 Å². The normalized spacial score (nSPS) is 15.4. The molecular weight excluding hydrogens is 368 g/mol. The Labute approximate surface area is 150 Å². The smallest absolute Gasteiger partial charge is 0.274 e. The number of rotatable bonds is 3. The SMILES string of the molecule is Cc1cc(C(=O)Nc2ccc(Br)cc2)nc(N2CCC(C)CC2)n1. The number of amides is 1. The Morgan fingerprint density at radius 2 is 1.88 bits per heavy atom. The first-order valence-electron chi connectivity index (χ1n) is 8.19. The first-order valence-corrected chi connectivity index (χ1v) is 8.98. The molecule has 1 saturated heterocycles. The van der Waals surface area contributed by atoms with E-state index in [4.69, 9.17) is 0 Å². The molecule has 126 valence electrons. The highest BCUT2D eigenvalue weighted by molar-refractivity contribution is 9.10. The average Bonchev–Trinajstić information content (AvgIpc) is 2.57. The van der Waals surface area contributed by atoms with E-state index in [1.165, 1.54) is 0 Å². The molecule has 2 aromatic rings. The number of aryl methyl sites for hydroxylation is 1. The zero-order chi connectivity index (χ0) is 17.1. The summed E-state index contributed by atoms with van der Waals surface area (Å²) in [4.78, 5) is 23.7. The van der Waals surface area contributed by atoms with Crippen LogP contribution in [0.2, 0.25) is 0 Å². The maximum absolute atomic E-state index is 12.5. The molecule has 0 atom stereocenters. The number of hydrogen-bond donors (Lipinski definition) is 1. The van der Waals surface area contributed by atoms with Gasteiger partial charge in [-0.25, -0.2) is 9.97 Å². The van der Waals surface area contributed by atoms with E-state index in [-0.39, 0.29) is 5.91 Å². The third kappa shape index (κ3) is 4.12. The zero-order valence-electron chi connectivity index (χ0n) is 13.9. The highest BCUT2D eigenvalue weighted by Crippen LogP contribution is 2.21. The minimum atomic E-state index is -0.213. The number of carbonyl (C=O) groups is 1. The maximum Gasteiger partial charge on any atom is 0.274 e. The summed E-state index contributed by atoms with van der Waals surface area (Å²) < 4.78 is 0.972. The third-order valence-electron chi connectivity index (χ3n) is 4.24. The van der Waals surface area contributed by atoms with E-state index in [2.05, 4.69) is 43.0 Å². The molecule has 1 fully saturated rings. The minimum Gasteiger partial charge on any atom is -0.341 e. The van der Waals surface area contributed by atoms with E-state index >= 15 is 0 Å². The van der Waals surface area contributed by atoms with Crippen molar-refractivity contribution < 1.29 is 4.79 Å². The lowest BCUT2D eigenvalue weighted by Gasteiger charge is -2.30. The Bertz CT molecular complexity index is 724. The molecule has 0 unspecified atom stereocenters. The van der Waals surface area contributed by atoms with Crippen LogP contribution in [-0.4, -0.2) is 29.0 Å². The van der Waals surface area contributed by atoms with Crippen molar-refractivity contribution in [2.75, 3.05) is 23.3 Å². The van der Waals surface area contributed by atoms with E-state index in [9.17, 15) is 4.79 Å². The lowest BCUT2D eigenvalue weighted by Crippen LogP contribution is -2.34. The van der Waals surface area contributed by atoms with Crippen LogP contribution in [0.5, 0.6) is 0 Å². The van der Waals surface area contributed by atoms with Gasteiger partial charge in [0, 0.05) is 28.9 Å². The number of piperidine rings is 1.